The SMILES string of the molecule is COC(=O)c1cc(Cl)nc(CC(=O)O)c1. The summed E-state index contributed by atoms with van der Waals surface area (Å²) in [7, 11) is 1.23. The molecular weight excluding hydrogens is 222 g/mol. The van der Waals surface area contributed by atoms with Gasteiger partial charge in [0.25, 0.3) is 0 Å². The van der Waals surface area contributed by atoms with Crippen LogP contribution in [0.5, 0.6) is 0 Å². The van der Waals surface area contributed by atoms with Gasteiger partial charge in [-0.25, -0.2) is 9.78 Å². The summed E-state index contributed by atoms with van der Waals surface area (Å²) in [5, 5.41) is 8.61. The lowest BCUT2D eigenvalue weighted by Crippen LogP contribution is -2.07. The number of carboxylic acid groups (broad SMARTS) is 1. The summed E-state index contributed by atoms with van der Waals surface area (Å²) >= 11 is 5.62. The zero-order valence-corrected chi connectivity index (χ0v) is 8.61. The Bertz CT molecular complexity index is 405. The van der Waals surface area contributed by atoms with Gasteiger partial charge in [0.15, 0.2) is 0 Å². The third-order valence-electron chi connectivity index (χ3n) is 1.60. The van der Waals surface area contributed by atoms with Crippen LogP contribution in [0, 0.1) is 0 Å². The average Bonchev–Trinajstić information content (AvgIpc) is 2.14. The van der Waals surface area contributed by atoms with Crippen molar-refractivity contribution >= 4 is 23.5 Å². The fourth-order valence-corrected chi connectivity index (χ4v) is 1.26. The first-order valence-corrected chi connectivity index (χ1v) is 4.37. The highest BCUT2D eigenvalue weighted by molar-refractivity contribution is 6.29. The Morgan fingerprint density at radius 3 is 2.73 bits per heavy atom. The zero-order chi connectivity index (χ0) is 11.4. The molecule has 0 aliphatic rings. The van der Waals surface area contributed by atoms with E-state index in [1.165, 1.54) is 19.2 Å². The summed E-state index contributed by atoms with van der Waals surface area (Å²) in [6.45, 7) is 0. The van der Waals surface area contributed by atoms with E-state index in [0.717, 1.165) is 0 Å². The Balaban J connectivity index is 3.04. The van der Waals surface area contributed by atoms with Crippen molar-refractivity contribution in [2.75, 3.05) is 7.11 Å². The van der Waals surface area contributed by atoms with Crippen molar-refractivity contribution in [3.63, 3.8) is 0 Å². The lowest BCUT2D eigenvalue weighted by Gasteiger charge is -2.02. The molecule has 0 atom stereocenters. The molecule has 1 aromatic heterocycles. The van der Waals surface area contributed by atoms with Crippen LogP contribution in [-0.4, -0.2) is 29.1 Å². The molecule has 0 spiro atoms. The molecule has 1 aromatic rings. The van der Waals surface area contributed by atoms with Gasteiger partial charge in [-0.3, -0.25) is 4.79 Å². The quantitative estimate of drug-likeness (QED) is 0.622. The predicted octanol–water partition coefficient (Wildman–Crippen LogP) is 1.15. The molecule has 80 valence electrons. The number of pyridine rings is 1. The number of hydrogen-bond acceptors (Lipinski definition) is 4. The molecule has 0 radical (unpaired) electrons. The molecular formula is C9H8ClNO4. The monoisotopic (exact) mass is 229 g/mol. The van der Waals surface area contributed by atoms with Crippen LogP contribution >= 0.6 is 11.6 Å². The highest BCUT2D eigenvalue weighted by Gasteiger charge is 2.11. The second kappa shape index (κ2) is 4.75. The fraction of sp³-hybridized carbons (Fsp3) is 0.222. The minimum absolute atomic E-state index is 0.0640. The molecule has 15 heavy (non-hydrogen) atoms. The molecule has 6 heteroatoms. The van der Waals surface area contributed by atoms with Crippen LogP contribution in [0.3, 0.4) is 0 Å². The summed E-state index contributed by atoms with van der Waals surface area (Å²) in [5.41, 5.74) is 0.407. The van der Waals surface area contributed by atoms with Crippen molar-refractivity contribution in [2.45, 2.75) is 6.42 Å². The second-order valence-electron chi connectivity index (χ2n) is 2.73. The number of aliphatic carboxylic acids is 1. The zero-order valence-electron chi connectivity index (χ0n) is 7.86. The van der Waals surface area contributed by atoms with Gasteiger partial charge >= 0.3 is 11.9 Å². The molecule has 1 N–H and O–H groups in total. The van der Waals surface area contributed by atoms with Crippen LogP contribution in [0.2, 0.25) is 5.15 Å². The van der Waals surface area contributed by atoms with Crippen LogP contribution in [0.1, 0.15) is 16.1 Å². The molecule has 0 aliphatic heterocycles. The number of ether oxygens (including phenoxy) is 1. The fourth-order valence-electron chi connectivity index (χ4n) is 1.03. The van der Waals surface area contributed by atoms with Crippen LogP contribution in [-0.2, 0) is 16.0 Å². The van der Waals surface area contributed by atoms with Crippen molar-refractivity contribution in [3.8, 4) is 0 Å². The maximum Gasteiger partial charge on any atom is 0.338 e. The summed E-state index contributed by atoms with van der Waals surface area (Å²) in [6.07, 6.45) is -0.287. The minimum Gasteiger partial charge on any atom is -0.481 e. The number of esters is 1. The van der Waals surface area contributed by atoms with E-state index in [1.807, 2.05) is 0 Å². The van der Waals surface area contributed by atoms with Gasteiger partial charge < -0.3 is 9.84 Å². The number of carbonyl (C=O) groups is 2. The molecule has 0 fully saturated rings. The highest BCUT2D eigenvalue weighted by atomic mass is 35.5. The Morgan fingerprint density at radius 1 is 1.53 bits per heavy atom. The Hall–Kier alpha value is -1.62. The number of rotatable bonds is 3. The maximum atomic E-state index is 11.1. The summed E-state index contributed by atoms with van der Waals surface area (Å²) in [5.74, 6) is -1.62. The van der Waals surface area contributed by atoms with E-state index in [2.05, 4.69) is 9.72 Å². The number of carbonyl (C=O) groups excluding carboxylic acids is 1. The van der Waals surface area contributed by atoms with E-state index in [-0.39, 0.29) is 22.8 Å². The van der Waals surface area contributed by atoms with Crippen molar-refractivity contribution in [1.82, 2.24) is 4.98 Å². The highest BCUT2D eigenvalue weighted by Crippen LogP contribution is 2.12. The van der Waals surface area contributed by atoms with E-state index in [1.54, 1.807) is 0 Å². The largest absolute Gasteiger partial charge is 0.481 e. The van der Waals surface area contributed by atoms with Crippen LogP contribution < -0.4 is 0 Å². The first kappa shape index (κ1) is 11.5. The summed E-state index contributed by atoms with van der Waals surface area (Å²) in [6, 6.07) is 2.66. The van der Waals surface area contributed by atoms with Crippen molar-refractivity contribution in [3.05, 3.63) is 28.5 Å². The molecule has 0 bridgehead atoms. The number of methoxy groups -OCH3 is 1. The molecule has 1 rings (SSSR count). The first-order chi connectivity index (χ1) is 7.02. The first-order valence-electron chi connectivity index (χ1n) is 3.99. The van der Waals surface area contributed by atoms with Crippen molar-refractivity contribution in [1.29, 1.82) is 0 Å². The second-order valence-corrected chi connectivity index (χ2v) is 3.12. The lowest BCUT2D eigenvalue weighted by molar-refractivity contribution is -0.136. The standard InChI is InChI=1S/C9H8ClNO4/c1-15-9(14)5-2-6(4-8(12)13)11-7(10)3-5/h2-3H,4H2,1H3,(H,12,13). The molecule has 5 nitrogen and oxygen atoms in total. The van der Waals surface area contributed by atoms with Crippen molar-refractivity contribution < 1.29 is 19.4 Å². The number of aromatic nitrogens is 1. The maximum absolute atomic E-state index is 11.1. The number of hydrogen-bond donors (Lipinski definition) is 1. The Kier molecular flexibility index (Phi) is 3.62. The third-order valence-corrected chi connectivity index (χ3v) is 1.79. The molecule has 1 heterocycles. The Labute approximate surface area is 90.6 Å². The number of carboxylic acids is 1. The van der Waals surface area contributed by atoms with Crippen LogP contribution in [0.25, 0.3) is 0 Å². The molecule has 0 aromatic carbocycles. The minimum atomic E-state index is -1.04. The molecule has 0 amide bonds. The van der Waals surface area contributed by atoms with Gasteiger partial charge in [0.2, 0.25) is 0 Å². The molecule has 0 saturated carbocycles. The van der Waals surface area contributed by atoms with E-state index in [0.29, 0.717) is 0 Å². The van der Waals surface area contributed by atoms with E-state index >= 15 is 0 Å². The van der Waals surface area contributed by atoms with Gasteiger partial charge in [0, 0.05) is 0 Å². The smallest absolute Gasteiger partial charge is 0.338 e. The predicted molar refractivity (Wildman–Crippen MR) is 51.9 cm³/mol. The Morgan fingerprint density at radius 2 is 2.20 bits per heavy atom. The topological polar surface area (TPSA) is 76.5 Å². The van der Waals surface area contributed by atoms with Gasteiger partial charge in [-0.15, -0.1) is 0 Å². The van der Waals surface area contributed by atoms with Crippen LogP contribution in [0.15, 0.2) is 12.1 Å². The average molecular weight is 230 g/mol. The van der Waals surface area contributed by atoms with Gasteiger partial charge in [0.1, 0.15) is 5.15 Å². The lowest BCUT2D eigenvalue weighted by atomic mass is 10.2. The van der Waals surface area contributed by atoms with Crippen LogP contribution in [0.4, 0.5) is 0 Å². The summed E-state index contributed by atoms with van der Waals surface area (Å²) < 4.78 is 4.48. The van der Waals surface area contributed by atoms with Gasteiger partial charge in [-0.05, 0) is 12.1 Å². The van der Waals surface area contributed by atoms with Crippen molar-refractivity contribution in [2.24, 2.45) is 0 Å². The normalized spacial score (nSPS) is 9.73. The van der Waals surface area contributed by atoms with E-state index in [9.17, 15) is 9.59 Å². The van der Waals surface area contributed by atoms with Gasteiger partial charge in [-0.1, -0.05) is 11.6 Å². The number of nitrogens with zero attached hydrogens (tertiary/aromatic N) is 1. The van der Waals surface area contributed by atoms with Gasteiger partial charge in [-0.2, -0.15) is 0 Å². The molecule has 0 saturated heterocycles. The molecule has 0 aliphatic carbocycles. The number of halogens is 1. The molecule has 0 unspecified atom stereocenters. The van der Waals surface area contributed by atoms with E-state index < -0.39 is 11.9 Å². The summed E-state index contributed by atoms with van der Waals surface area (Å²) in [4.78, 5) is 25.3. The van der Waals surface area contributed by atoms with E-state index in [4.69, 9.17) is 16.7 Å². The third kappa shape index (κ3) is 3.21. The van der Waals surface area contributed by atoms with Gasteiger partial charge in [0.05, 0.1) is 24.8 Å².